The molecule has 0 radical (unpaired) electrons. The Bertz CT molecular complexity index is 417. The molecule has 0 aromatic heterocycles. The number of hydrogen-bond donors (Lipinski definition) is 0. The van der Waals surface area contributed by atoms with Gasteiger partial charge in [-0.1, -0.05) is 42.2 Å². The van der Waals surface area contributed by atoms with Crippen molar-refractivity contribution < 1.29 is 9.53 Å². The Labute approximate surface area is 103 Å². The summed E-state index contributed by atoms with van der Waals surface area (Å²) in [6.45, 7) is 3.58. The molecule has 0 aliphatic heterocycles. The van der Waals surface area contributed by atoms with Gasteiger partial charge in [0.1, 0.15) is 0 Å². The largest absolute Gasteiger partial charge is 0.466 e. The number of rotatable bonds is 5. The fourth-order valence-electron chi connectivity index (χ4n) is 0.818. The van der Waals surface area contributed by atoms with Crippen LogP contribution in [0.25, 0.3) is 0 Å². The molecule has 0 rings (SSSR count). The van der Waals surface area contributed by atoms with Gasteiger partial charge in [-0.05, 0) is 31.3 Å². The third-order valence-corrected chi connectivity index (χ3v) is 1.50. The van der Waals surface area contributed by atoms with Crippen molar-refractivity contribution in [1.82, 2.24) is 0 Å². The summed E-state index contributed by atoms with van der Waals surface area (Å²) < 4.78 is 4.77. The lowest BCUT2D eigenvalue weighted by molar-refractivity contribution is -0.140. The Hall–Kier alpha value is -2.19. The van der Waals surface area contributed by atoms with Gasteiger partial charge < -0.3 is 4.74 Å². The fraction of sp³-hybridized carbons (Fsp3) is 0.267. The summed E-state index contributed by atoms with van der Waals surface area (Å²) >= 11 is 0. The molecular formula is C15H16O2. The molecule has 0 fully saturated rings. The molecule has 0 aromatic carbocycles. The number of ether oxygens (including phenoxy) is 1. The number of hydrogen-bond acceptors (Lipinski definition) is 2. The molecule has 0 N–H and O–H groups in total. The van der Waals surface area contributed by atoms with Crippen molar-refractivity contribution in [3.63, 3.8) is 0 Å². The molecule has 0 aromatic rings. The molecule has 0 spiro atoms. The summed E-state index contributed by atoms with van der Waals surface area (Å²) in [4.78, 5) is 10.4. The van der Waals surface area contributed by atoms with Gasteiger partial charge in [0.15, 0.2) is 0 Å². The first-order valence-electron chi connectivity index (χ1n) is 5.31. The normalized spacial score (nSPS) is 10.0. The molecule has 0 saturated heterocycles. The molecule has 2 heteroatoms. The average molecular weight is 228 g/mol. The van der Waals surface area contributed by atoms with Crippen LogP contribution in [0.4, 0.5) is 0 Å². The average Bonchev–Trinajstić information content (AvgIpc) is 2.30. The second kappa shape index (κ2) is 11.9. The zero-order valence-electron chi connectivity index (χ0n) is 10.2. The van der Waals surface area contributed by atoms with Gasteiger partial charge in [0.2, 0.25) is 0 Å². The Morgan fingerprint density at radius 2 is 1.94 bits per heavy atom. The molecule has 0 bridgehead atoms. The zero-order valence-corrected chi connectivity index (χ0v) is 10.2. The zero-order chi connectivity index (χ0) is 12.8. The van der Waals surface area contributed by atoms with Crippen molar-refractivity contribution in [2.75, 3.05) is 6.61 Å². The van der Waals surface area contributed by atoms with Crippen molar-refractivity contribution in [3.05, 3.63) is 36.5 Å². The van der Waals surface area contributed by atoms with Crippen LogP contribution in [0.15, 0.2) is 36.5 Å². The second-order valence-corrected chi connectivity index (χ2v) is 2.95. The number of esters is 1. The van der Waals surface area contributed by atoms with Gasteiger partial charge >= 0.3 is 5.97 Å². The van der Waals surface area contributed by atoms with Gasteiger partial charge in [0.05, 0.1) is 6.61 Å². The van der Waals surface area contributed by atoms with Gasteiger partial charge in [0.25, 0.3) is 0 Å². The van der Waals surface area contributed by atoms with E-state index in [1.165, 1.54) is 6.92 Å². The number of allylic oxidation sites excluding steroid dienone is 5. The second-order valence-electron chi connectivity index (χ2n) is 2.95. The molecule has 0 amide bonds. The van der Waals surface area contributed by atoms with Gasteiger partial charge in [-0.3, -0.25) is 4.79 Å². The minimum atomic E-state index is -0.245. The highest BCUT2D eigenvalue weighted by Gasteiger charge is 1.87. The van der Waals surface area contributed by atoms with Crippen molar-refractivity contribution >= 4 is 5.97 Å². The molecule has 2 nitrogen and oxygen atoms in total. The molecular weight excluding hydrogens is 212 g/mol. The molecule has 0 atom stereocenters. The Morgan fingerprint density at radius 3 is 2.65 bits per heavy atom. The summed E-state index contributed by atoms with van der Waals surface area (Å²) in [6, 6.07) is 0. The van der Waals surface area contributed by atoms with Crippen molar-refractivity contribution in [2.45, 2.75) is 20.3 Å². The summed E-state index contributed by atoms with van der Waals surface area (Å²) in [5.74, 6) is 10.5. The monoisotopic (exact) mass is 228 g/mol. The Balaban J connectivity index is 3.66. The number of carbonyl (C=O) groups is 1. The van der Waals surface area contributed by atoms with Gasteiger partial charge in [-0.25, -0.2) is 0 Å². The smallest absolute Gasteiger partial charge is 0.302 e. The highest BCUT2D eigenvalue weighted by atomic mass is 16.5. The van der Waals surface area contributed by atoms with Crippen LogP contribution >= 0.6 is 0 Å². The SMILES string of the molecule is CC#CC#CC=CC=CC=CCCOC(C)=O. The van der Waals surface area contributed by atoms with Gasteiger partial charge in [-0.2, -0.15) is 0 Å². The summed E-state index contributed by atoms with van der Waals surface area (Å²) in [7, 11) is 0. The Morgan fingerprint density at radius 1 is 1.18 bits per heavy atom. The summed E-state index contributed by atoms with van der Waals surface area (Å²) in [5.41, 5.74) is 0. The maximum Gasteiger partial charge on any atom is 0.302 e. The van der Waals surface area contributed by atoms with E-state index in [9.17, 15) is 4.79 Å². The van der Waals surface area contributed by atoms with Crippen molar-refractivity contribution in [1.29, 1.82) is 0 Å². The van der Waals surface area contributed by atoms with Crippen LogP contribution in [0, 0.1) is 23.7 Å². The maximum atomic E-state index is 10.4. The van der Waals surface area contributed by atoms with Crippen molar-refractivity contribution in [2.24, 2.45) is 0 Å². The van der Waals surface area contributed by atoms with Crippen LogP contribution in [0.3, 0.4) is 0 Å². The predicted molar refractivity (Wildman–Crippen MR) is 69.9 cm³/mol. The third kappa shape index (κ3) is 13.8. The fourth-order valence-corrected chi connectivity index (χ4v) is 0.818. The highest BCUT2D eigenvalue weighted by molar-refractivity contribution is 5.65. The van der Waals surface area contributed by atoms with E-state index < -0.39 is 0 Å². The van der Waals surface area contributed by atoms with Gasteiger partial charge in [-0.15, -0.1) is 0 Å². The quantitative estimate of drug-likeness (QED) is 0.313. The molecule has 0 heterocycles. The lowest BCUT2D eigenvalue weighted by Crippen LogP contribution is -1.98. The van der Waals surface area contributed by atoms with E-state index in [1.807, 2.05) is 30.4 Å². The first kappa shape index (κ1) is 14.8. The molecule has 0 unspecified atom stereocenters. The van der Waals surface area contributed by atoms with E-state index in [1.54, 1.807) is 13.0 Å². The summed E-state index contributed by atoms with van der Waals surface area (Å²) in [5, 5.41) is 0. The van der Waals surface area contributed by atoms with Crippen LogP contribution in [0.2, 0.25) is 0 Å². The van der Waals surface area contributed by atoms with E-state index in [2.05, 4.69) is 23.7 Å². The van der Waals surface area contributed by atoms with E-state index in [-0.39, 0.29) is 5.97 Å². The summed E-state index contributed by atoms with van der Waals surface area (Å²) in [6.07, 6.45) is 11.9. The number of carbonyl (C=O) groups excluding carboxylic acids is 1. The minimum Gasteiger partial charge on any atom is -0.466 e. The van der Waals surface area contributed by atoms with Crippen LogP contribution < -0.4 is 0 Å². The lowest BCUT2D eigenvalue weighted by Gasteiger charge is -1.95. The van der Waals surface area contributed by atoms with Crippen molar-refractivity contribution in [3.8, 4) is 23.7 Å². The highest BCUT2D eigenvalue weighted by Crippen LogP contribution is 1.87. The maximum absolute atomic E-state index is 10.4. The van der Waals surface area contributed by atoms with E-state index >= 15 is 0 Å². The van der Waals surface area contributed by atoms with Crippen LogP contribution in [0.1, 0.15) is 20.3 Å². The van der Waals surface area contributed by atoms with E-state index in [0.29, 0.717) is 6.61 Å². The molecule has 0 saturated carbocycles. The molecule has 17 heavy (non-hydrogen) atoms. The van der Waals surface area contributed by atoms with Crippen LogP contribution in [-0.4, -0.2) is 12.6 Å². The molecule has 88 valence electrons. The van der Waals surface area contributed by atoms with E-state index in [4.69, 9.17) is 4.74 Å². The third-order valence-electron chi connectivity index (χ3n) is 1.50. The lowest BCUT2D eigenvalue weighted by atomic mass is 10.3. The first-order valence-corrected chi connectivity index (χ1v) is 5.31. The van der Waals surface area contributed by atoms with Crippen LogP contribution in [0.5, 0.6) is 0 Å². The standard InChI is InChI=1S/C15H16O2/c1-3-4-5-6-7-8-9-10-11-12-13-14-17-15(2)16/h7-12H,13-14H2,1-2H3. The molecule has 0 aliphatic rings. The van der Waals surface area contributed by atoms with E-state index in [0.717, 1.165) is 6.42 Å². The first-order chi connectivity index (χ1) is 8.27. The minimum absolute atomic E-state index is 0.245. The molecule has 0 aliphatic carbocycles. The topological polar surface area (TPSA) is 26.3 Å². The van der Waals surface area contributed by atoms with Crippen LogP contribution in [-0.2, 0) is 9.53 Å². The van der Waals surface area contributed by atoms with Gasteiger partial charge in [0, 0.05) is 6.92 Å². The Kier molecular flexibility index (Phi) is 10.4. The predicted octanol–water partition coefficient (Wildman–Crippen LogP) is 2.63.